The lowest BCUT2D eigenvalue weighted by molar-refractivity contribution is 0.629. The van der Waals surface area contributed by atoms with E-state index in [9.17, 15) is 4.39 Å². The maximum absolute atomic E-state index is 12.6. The number of halogens is 1. The topological polar surface area (TPSA) is 54.7 Å². The van der Waals surface area contributed by atoms with Crippen LogP contribution < -0.4 is 5.73 Å². The Hall–Kier alpha value is -1.58. The van der Waals surface area contributed by atoms with Crippen LogP contribution in [-0.4, -0.2) is 9.97 Å². The number of imidazole rings is 1. The largest absolute Gasteiger partial charge is 0.369 e. The van der Waals surface area contributed by atoms with Gasteiger partial charge >= 0.3 is 0 Å². The minimum atomic E-state index is -0.291. The predicted octanol–water partition coefficient (Wildman–Crippen LogP) is 1.28. The monoisotopic (exact) mass is 151 g/mol. The summed E-state index contributed by atoms with van der Waals surface area (Å²) in [5.74, 6) is 0.0201. The summed E-state index contributed by atoms with van der Waals surface area (Å²) < 4.78 is 12.6. The molecule has 56 valence electrons. The van der Waals surface area contributed by atoms with Gasteiger partial charge in [0.05, 0.1) is 11.0 Å². The van der Waals surface area contributed by atoms with E-state index in [1.807, 2.05) is 0 Å². The molecule has 2 rings (SSSR count). The van der Waals surface area contributed by atoms with Crippen LogP contribution in [0.25, 0.3) is 11.0 Å². The highest BCUT2D eigenvalue weighted by molar-refractivity contribution is 5.76. The lowest BCUT2D eigenvalue weighted by atomic mass is 10.3. The lowest BCUT2D eigenvalue weighted by Gasteiger charge is -1.85. The molecule has 0 atom stereocenters. The van der Waals surface area contributed by atoms with Gasteiger partial charge in [-0.05, 0) is 18.2 Å². The van der Waals surface area contributed by atoms with Crippen molar-refractivity contribution in [2.45, 2.75) is 0 Å². The molecular formula is C7H6FN3. The fraction of sp³-hybridized carbons (Fsp3) is 0. The van der Waals surface area contributed by atoms with Crippen LogP contribution in [0.3, 0.4) is 0 Å². The van der Waals surface area contributed by atoms with Gasteiger partial charge in [-0.2, -0.15) is 0 Å². The van der Waals surface area contributed by atoms with E-state index in [0.29, 0.717) is 17.0 Å². The van der Waals surface area contributed by atoms with E-state index in [-0.39, 0.29) is 5.82 Å². The number of benzene rings is 1. The van der Waals surface area contributed by atoms with E-state index in [2.05, 4.69) is 9.97 Å². The Balaban J connectivity index is 2.82. The number of aromatic amines is 1. The van der Waals surface area contributed by atoms with E-state index < -0.39 is 0 Å². The van der Waals surface area contributed by atoms with Crippen LogP contribution in [0.1, 0.15) is 0 Å². The minimum absolute atomic E-state index is 0.291. The molecule has 3 N–H and O–H groups in total. The molecule has 0 saturated heterocycles. The van der Waals surface area contributed by atoms with Crippen molar-refractivity contribution in [1.29, 1.82) is 0 Å². The van der Waals surface area contributed by atoms with Gasteiger partial charge in [-0.1, -0.05) is 0 Å². The summed E-state index contributed by atoms with van der Waals surface area (Å²) in [6, 6.07) is 4.29. The average molecular weight is 151 g/mol. The first-order valence-electron chi connectivity index (χ1n) is 3.16. The fourth-order valence-corrected chi connectivity index (χ4v) is 1.00. The molecule has 0 bridgehead atoms. The zero-order valence-electron chi connectivity index (χ0n) is 5.63. The van der Waals surface area contributed by atoms with E-state index in [1.54, 1.807) is 6.07 Å². The summed E-state index contributed by atoms with van der Waals surface area (Å²) in [7, 11) is 0. The van der Waals surface area contributed by atoms with Crippen LogP contribution in [0.4, 0.5) is 10.3 Å². The highest BCUT2D eigenvalue weighted by Crippen LogP contribution is 2.12. The number of H-pyrrole nitrogens is 1. The van der Waals surface area contributed by atoms with E-state index in [4.69, 9.17) is 5.73 Å². The normalized spacial score (nSPS) is 10.6. The third-order valence-electron chi connectivity index (χ3n) is 1.46. The maximum atomic E-state index is 12.6. The van der Waals surface area contributed by atoms with Crippen molar-refractivity contribution < 1.29 is 4.39 Å². The summed E-state index contributed by atoms with van der Waals surface area (Å²) in [5.41, 5.74) is 6.66. The van der Waals surface area contributed by atoms with Crippen molar-refractivity contribution in [3.63, 3.8) is 0 Å². The number of anilines is 1. The van der Waals surface area contributed by atoms with Crippen molar-refractivity contribution in [3.8, 4) is 0 Å². The molecule has 0 aliphatic rings. The average Bonchev–Trinajstić information content (AvgIpc) is 2.27. The third-order valence-corrected chi connectivity index (χ3v) is 1.46. The molecule has 0 spiro atoms. The lowest BCUT2D eigenvalue weighted by Crippen LogP contribution is -1.84. The van der Waals surface area contributed by atoms with Crippen molar-refractivity contribution in [2.75, 3.05) is 5.73 Å². The maximum Gasteiger partial charge on any atom is 0.198 e. The van der Waals surface area contributed by atoms with Crippen LogP contribution in [-0.2, 0) is 0 Å². The van der Waals surface area contributed by atoms with Gasteiger partial charge in [-0.15, -0.1) is 0 Å². The quantitative estimate of drug-likeness (QED) is 0.596. The number of fused-ring (bicyclic) bond motifs is 1. The van der Waals surface area contributed by atoms with E-state index in [0.717, 1.165) is 0 Å². The van der Waals surface area contributed by atoms with E-state index >= 15 is 0 Å². The second kappa shape index (κ2) is 1.95. The zero-order valence-corrected chi connectivity index (χ0v) is 5.63. The first-order chi connectivity index (χ1) is 5.25. The fourth-order valence-electron chi connectivity index (χ4n) is 1.00. The molecule has 4 heteroatoms. The molecule has 2 aromatic rings. The Morgan fingerprint density at radius 3 is 3.09 bits per heavy atom. The molecule has 0 saturated carbocycles. The number of rotatable bonds is 0. The van der Waals surface area contributed by atoms with Gasteiger partial charge in [-0.25, -0.2) is 9.37 Å². The molecule has 11 heavy (non-hydrogen) atoms. The Morgan fingerprint density at radius 2 is 2.27 bits per heavy atom. The summed E-state index contributed by atoms with van der Waals surface area (Å²) in [6.07, 6.45) is 0. The van der Waals surface area contributed by atoms with Crippen molar-refractivity contribution in [3.05, 3.63) is 24.0 Å². The Morgan fingerprint density at radius 1 is 1.45 bits per heavy atom. The van der Waals surface area contributed by atoms with Gasteiger partial charge in [0.25, 0.3) is 0 Å². The standard InChI is InChI=1S/C7H6FN3/c8-4-1-2-5-6(3-4)11-7(9)10-5/h1-3H,(H3,9,10,11). The SMILES string of the molecule is Nc1nc2ccc(F)cc2[nH]1. The molecule has 1 aromatic heterocycles. The number of nitrogens with two attached hydrogens (primary N) is 1. The number of hydrogen-bond donors (Lipinski definition) is 2. The first kappa shape index (κ1) is 6.15. The van der Waals surface area contributed by atoms with Gasteiger partial charge in [0, 0.05) is 0 Å². The molecule has 3 nitrogen and oxygen atoms in total. The van der Waals surface area contributed by atoms with Crippen molar-refractivity contribution in [1.82, 2.24) is 9.97 Å². The molecule has 0 unspecified atom stereocenters. The van der Waals surface area contributed by atoms with Crippen LogP contribution in [0, 0.1) is 5.82 Å². The molecule has 0 fully saturated rings. The molecule has 0 aliphatic heterocycles. The van der Waals surface area contributed by atoms with Crippen LogP contribution in [0.15, 0.2) is 18.2 Å². The molecule has 0 amide bonds. The summed E-state index contributed by atoms with van der Waals surface area (Å²) in [4.78, 5) is 6.64. The molecule has 1 aromatic carbocycles. The van der Waals surface area contributed by atoms with Gasteiger partial charge in [0.2, 0.25) is 0 Å². The molecule has 1 heterocycles. The number of aromatic nitrogens is 2. The molecule has 0 radical (unpaired) electrons. The van der Waals surface area contributed by atoms with Gasteiger partial charge < -0.3 is 10.7 Å². The van der Waals surface area contributed by atoms with Crippen LogP contribution in [0.2, 0.25) is 0 Å². The predicted molar refractivity (Wildman–Crippen MR) is 40.5 cm³/mol. The summed E-state index contributed by atoms with van der Waals surface area (Å²) >= 11 is 0. The van der Waals surface area contributed by atoms with E-state index in [1.165, 1.54) is 12.1 Å². The first-order valence-corrected chi connectivity index (χ1v) is 3.16. The van der Waals surface area contributed by atoms with Gasteiger partial charge in [0.1, 0.15) is 5.82 Å². The zero-order chi connectivity index (χ0) is 7.84. The number of hydrogen-bond acceptors (Lipinski definition) is 2. The van der Waals surface area contributed by atoms with Crippen molar-refractivity contribution in [2.24, 2.45) is 0 Å². The third kappa shape index (κ3) is 0.920. The highest BCUT2D eigenvalue weighted by Gasteiger charge is 1.99. The van der Waals surface area contributed by atoms with Gasteiger partial charge in [0.15, 0.2) is 5.95 Å². The summed E-state index contributed by atoms with van der Waals surface area (Å²) in [5, 5.41) is 0. The Kier molecular flexibility index (Phi) is 1.09. The summed E-state index contributed by atoms with van der Waals surface area (Å²) in [6.45, 7) is 0. The number of nitrogen functional groups attached to an aromatic ring is 1. The Bertz CT molecular complexity index is 393. The van der Waals surface area contributed by atoms with Crippen molar-refractivity contribution >= 4 is 17.0 Å². The smallest absolute Gasteiger partial charge is 0.198 e. The molecule has 0 aliphatic carbocycles. The van der Waals surface area contributed by atoms with Gasteiger partial charge in [-0.3, -0.25) is 0 Å². The Labute approximate surface area is 62.0 Å². The molecular weight excluding hydrogens is 145 g/mol. The van der Waals surface area contributed by atoms with Crippen LogP contribution in [0.5, 0.6) is 0 Å². The minimum Gasteiger partial charge on any atom is -0.369 e. The number of nitrogens with zero attached hydrogens (tertiary/aromatic N) is 1. The second-order valence-electron chi connectivity index (χ2n) is 2.28. The van der Waals surface area contributed by atoms with Crippen LogP contribution >= 0.6 is 0 Å². The number of nitrogens with one attached hydrogen (secondary N) is 1. The highest BCUT2D eigenvalue weighted by atomic mass is 19.1. The second-order valence-corrected chi connectivity index (χ2v) is 2.28.